The van der Waals surface area contributed by atoms with Gasteiger partial charge in [0.25, 0.3) is 0 Å². The monoisotopic (exact) mass is 152 g/mol. The van der Waals surface area contributed by atoms with E-state index in [4.69, 9.17) is 0 Å². The van der Waals surface area contributed by atoms with E-state index in [1.165, 1.54) is 7.11 Å². The summed E-state index contributed by atoms with van der Waals surface area (Å²) in [6.07, 6.45) is 0.253. The third kappa shape index (κ3) is 4.33. The van der Waals surface area contributed by atoms with Gasteiger partial charge in [-0.3, -0.25) is 4.79 Å². The quantitative estimate of drug-likeness (QED) is 0.347. The van der Waals surface area contributed by atoms with E-state index in [2.05, 4.69) is 30.0 Å². The zero-order chi connectivity index (χ0) is 6.57. The first-order valence-corrected chi connectivity index (χ1v) is 3.13. The largest absolute Gasteiger partial charge is 0.469 e. The van der Waals surface area contributed by atoms with E-state index >= 15 is 0 Å². The smallest absolute Gasteiger partial charge is 0.307 e. The molecule has 0 saturated carbocycles. The average Bonchev–Trinajstić information content (AvgIpc) is 1.65. The summed E-state index contributed by atoms with van der Waals surface area (Å²) >= 11 is 7.71. The molecule has 2 nitrogen and oxygen atoms in total. The van der Waals surface area contributed by atoms with Crippen LogP contribution in [0.3, 0.4) is 0 Å². The van der Waals surface area contributed by atoms with Crippen molar-refractivity contribution in [2.75, 3.05) is 7.11 Å². The molecule has 0 spiro atoms. The van der Waals surface area contributed by atoms with Crippen molar-refractivity contribution < 1.29 is 9.53 Å². The maximum atomic E-state index is 10.3. The van der Waals surface area contributed by atoms with Crippen LogP contribution in [0.2, 0.25) is 0 Å². The van der Waals surface area contributed by atoms with Gasteiger partial charge in [0.05, 0.1) is 18.1 Å². The third-order valence-electron chi connectivity index (χ3n) is 0.577. The maximum absolute atomic E-state index is 10.3. The highest BCUT2D eigenvalue weighted by Crippen LogP contribution is 2.05. The molecule has 0 rings (SSSR count). The van der Waals surface area contributed by atoms with Crippen molar-refractivity contribution in [1.29, 1.82) is 0 Å². The average molecular weight is 152 g/mol. The Bertz CT molecular complexity index is 82.1. The number of hydrogen-bond acceptors (Lipinski definition) is 4. The van der Waals surface area contributed by atoms with Crippen LogP contribution in [0.15, 0.2) is 0 Å². The van der Waals surface area contributed by atoms with Gasteiger partial charge in [-0.2, -0.15) is 25.3 Å². The van der Waals surface area contributed by atoms with Gasteiger partial charge in [0.2, 0.25) is 0 Å². The van der Waals surface area contributed by atoms with E-state index in [-0.39, 0.29) is 17.0 Å². The minimum Gasteiger partial charge on any atom is -0.469 e. The van der Waals surface area contributed by atoms with E-state index in [1.807, 2.05) is 0 Å². The molecule has 8 heavy (non-hydrogen) atoms. The molecule has 0 atom stereocenters. The van der Waals surface area contributed by atoms with Gasteiger partial charge >= 0.3 is 5.97 Å². The summed E-state index contributed by atoms with van der Waals surface area (Å²) in [5.41, 5.74) is 0. The normalized spacial score (nSPS) is 9.50. The third-order valence-corrected chi connectivity index (χ3v) is 0.942. The molecule has 0 heterocycles. The standard InChI is InChI=1S/C4H8O2S2/c1-6-3(5)2-4(7)8/h4,7-8H,2H2,1H3. The fourth-order valence-electron chi connectivity index (χ4n) is 0.232. The molecular formula is C4H8O2S2. The molecule has 0 N–H and O–H groups in total. The second kappa shape index (κ2) is 4.09. The number of thiol groups is 2. The Morgan fingerprint density at radius 1 is 1.75 bits per heavy atom. The van der Waals surface area contributed by atoms with Gasteiger partial charge in [-0.25, -0.2) is 0 Å². The Balaban J connectivity index is 3.25. The molecule has 0 unspecified atom stereocenters. The second-order valence-corrected chi connectivity index (χ2v) is 2.91. The summed E-state index contributed by atoms with van der Waals surface area (Å²) in [4.78, 5) is 10.3. The SMILES string of the molecule is COC(=O)CC(S)S. The summed E-state index contributed by atoms with van der Waals surface area (Å²) < 4.78 is 4.12. The zero-order valence-electron chi connectivity index (χ0n) is 4.50. The van der Waals surface area contributed by atoms with E-state index in [0.717, 1.165) is 0 Å². The Labute approximate surface area is 59.4 Å². The number of methoxy groups -OCH3 is 1. The molecule has 0 bridgehead atoms. The van der Waals surface area contributed by atoms with E-state index in [9.17, 15) is 4.79 Å². The van der Waals surface area contributed by atoms with Gasteiger partial charge < -0.3 is 4.74 Å². The predicted molar refractivity (Wildman–Crippen MR) is 38.4 cm³/mol. The molecule has 0 aliphatic rings. The van der Waals surface area contributed by atoms with Crippen molar-refractivity contribution in [3.8, 4) is 0 Å². The lowest BCUT2D eigenvalue weighted by Gasteiger charge is -1.98. The van der Waals surface area contributed by atoms with Crippen molar-refractivity contribution in [3.05, 3.63) is 0 Å². The van der Waals surface area contributed by atoms with Crippen LogP contribution in [0, 0.1) is 0 Å². The van der Waals surface area contributed by atoms with Gasteiger partial charge in [0.15, 0.2) is 0 Å². The number of rotatable bonds is 2. The topological polar surface area (TPSA) is 26.3 Å². The van der Waals surface area contributed by atoms with Crippen LogP contribution in [-0.4, -0.2) is 17.7 Å². The molecule has 0 fully saturated rings. The fourth-order valence-corrected chi connectivity index (χ4v) is 0.531. The molecule has 48 valence electrons. The van der Waals surface area contributed by atoms with E-state index in [1.54, 1.807) is 0 Å². The first-order valence-electron chi connectivity index (χ1n) is 2.09. The van der Waals surface area contributed by atoms with Crippen LogP contribution in [-0.2, 0) is 9.53 Å². The Kier molecular flexibility index (Phi) is 4.18. The predicted octanol–water partition coefficient (Wildman–Crippen LogP) is 0.735. The number of hydrogen-bond donors (Lipinski definition) is 2. The number of carbonyl (C=O) groups excluding carboxylic acids is 1. The summed E-state index contributed by atoms with van der Waals surface area (Å²) in [5.74, 6) is -0.278. The highest BCUT2D eigenvalue weighted by molar-refractivity contribution is 7.99. The van der Waals surface area contributed by atoms with Crippen LogP contribution in [0.5, 0.6) is 0 Å². The minimum absolute atomic E-state index is 0.206. The van der Waals surface area contributed by atoms with Crippen LogP contribution < -0.4 is 0 Å². The van der Waals surface area contributed by atoms with Crippen molar-refractivity contribution in [2.24, 2.45) is 0 Å². The lowest BCUT2D eigenvalue weighted by atomic mass is 10.5. The van der Waals surface area contributed by atoms with E-state index < -0.39 is 0 Å². The number of carbonyl (C=O) groups is 1. The molecule has 4 heteroatoms. The molecule has 0 radical (unpaired) electrons. The van der Waals surface area contributed by atoms with Crippen LogP contribution in [0.1, 0.15) is 6.42 Å². The minimum atomic E-state index is -0.278. The summed E-state index contributed by atoms with van der Waals surface area (Å²) in [6, 6.07) is 0. The second-order valence-electron chi connectivity index (χ2n) is 1.26. The Morgan fingerprint density at radius 3 is 2.38 bits per heavy atom. The molecule has 0 aliphatic carbocycles. The van der Waals surface area contributed by atoms with Gasteiger partial charge in [-0.1, -0.05) is 0 Å². The Hall–Kier alpha value is 0.170. The molecular weight excluding hydrogens is 144 g/mol. The summed E-state index contributed by atoms with van der Waals surface area (Å²) in [7, 11) is 1.34. The molecule has 0 aromatic carbocycles. The summed E-state index contributed by atoms with van der Waals surface area (Å²) in [6.45, 7) is 0. The van der Waals surface area contributed by atoms with Gasteiger partial charge in [0.1, 0.15) is 0 Å². The number of ether oxygens (including phenoxy) is 1. The lowest BCUT2D eigenvalue weighted by Crippen LogP contribution is -2.04. The van der Waals surface area contributed by atoms with Crippen LogP contribution >= 0.6 is 25.3 Å². The zero-order valence-corrected chi connectivity index (χ0v) is 6.28. The molecule has 0 aromatic rings. The molecule has 0 aromatic heterocycles. The van der Waals surface area contributed by atoms with Crippen LogP contribution in [0.25, 0.3) is 0 Å². The molecule has 0 saturated heterocycles. The first kappa shape index (κ1) is 8.17. The van der Waals surface area contributed by atoms with Gasteiger partial charge in [-0.15, -0.1) is 0 Å². The van der Waals surface area contributed by atoms with Crippen molar-refractivity contribution >= 4 is 31.2 Å². The molecule has 0 amide bonds. The first-order chi connectivity index (χ1) is 3.66. The van der Waals surface area contributed by atoms with Gasteiger partial charge in [-0.05, 0) is 0 Å². The highest BCUT2D eigenvalue weighted by atomic mass is 32.2. The Morgan fingerprint density at radius 2 is 2.25 bits per heavy atom. The summed E-state index contributed by atoms with van der Waals surface area (Å²) in [5, 5.41) is 0. The molecule has 0 aliphatic heterocycles. The van der Waals surface area contributed by atoms with Gasteiger partial charge in [0, 0.05) is 0 Å². The maximum Gasteiger partial charge on any atom is 0.307 e. The van der Waals surface area contributed by atoms with Crippen molar-refractivity contribution in [2.45, 2.75) is 11.0 Å². The van der Waals surface area contributed by atoms with Crippen LogP contribution in [0.4, 0.5) is 0 Å². The highest BCUT2D eigenvalue weighted by Gasteiger charge is 2.03. The fraction of sp³-hybridized carbons (Fsp3) is 0.750. The lowest BCUT2D eigenvalue weighted by molar-refractivity contribution is -0.140. The number of esters is 1. The van der Waals surface area contributed by atoms with Crippen molar-refractivity contribution in [1.82, 2.24) is 0 Å². The van der Waals surface area contributed by atoms with E-state index in [0.29, 0.717) is 0 Å². The van der Waals surface area contributed by atoms with Crippen molar-refractivity contribution in [3.63, 3.8) is 0 Å².